The highest BCUT2D eigenvalue weighted by Gasteiger charge is 2.54. The Bertz CT molecular complexity index is 1140. The fourth-order valence-electron chi connectivity index (χ4n) is 6.83. The molecule has 0 aromatic carbocycles. The first kappa shape index (κ1) is 42.0. The van der Waals surface area contributed by atoms with Crippen LogP contribution in [0.25, 0.3) is 0 Å². The maximum absolute atomic E-state index is 13.0. The Hall–Kier alpha value is -1.78. The predicted octanol–water partition coefficient (Wildman–Crippen LogP) is -8.59. The van der Waals surface area contributed by atoms with Gasteiger partial charge in [-0.3, -0.25) is 9.79 Å². The van der Waals surface area contributed by atoms with Gasteiger partial charge in [0.15, 0.2) is 30.6 Å². The minimum absolute atomic E-state index is 0.00461. The maximum Gasteiger partial charge on any atom is 0.187 e. The lowest BCUT2D eigenvalue weighted by Gasteiger charge is -2.47. The molecule has 22 heteroatoms. The van der Waals surface area contributed by atoms with E-state index in [4.69, 9.17) is 68.6 Å². The van der Waals surface area contributed by atoms with Crippen LogP contribution in [0.5, 0.6) is 0 Å². The third-order valence-corrected chi connectivity index (χ3v) is 9.85. The molecule has 0 amide bonds. The molecule has 296 valence electrons. The van der Waals surface area contributed by atoms with Crippen LogP contribution in [0.4, 0.5) is 0 Å². The van der Waals surface area contributed by atoms with Crippen molar-refractivity contribution in [2.45, 2.75) is 136 Å². The Labute approximate surface area is 294 Å². The van der Waals surface area contributed by atoms with Gasteiger partial charge in [-0.15, -0.1) is 0 Å². The number of nitrogens with two attached hydrogens (primary N) is 7. The van der Waals surface area contributed by atoms with Crippen LogP contribution in [0.1, 0.15) is 25.7 Å². The van der Waals surface area contributed by atoms with Crippen LogP contribution < -0.4 is 40.1 Å². The number of ether oxygens (including phenoxy) is 6. The van der Waals surface area contributed by atoms with Gasteiger partial charge in [0.1, 0.15) is 54.9 Å². The highest BCUT2D eigenvalue weighted by Crippen LogP contribution is 2.37. The van der Waals surface area contributed by atoms with Gasteiger partial charge in [0.2, 0.25) is 0 Å². The van der Waals surface area contributed by atoms with E-state index in [0.717, 1.165) is 0 Å². The first-order valence-electron chi connectivity index (χ1n) is 17.0. The number of carbonyl (C=O) groups is 1. The molecule has 22 nitrogen and oxygen atoms in total. The molecule has 0 aromatic heterocycles. The Balaban J connectivity index is 1.55. The monoisotopic (exact) mass is 740 g/mol. The topological polar surface area (TPSA) is 409 Å². The number of hydrogen-bond donors (Lipinski definition) is 14. The van der Waals surface area contributed by atoms with Gasteiger partial charge < -0.3 is 104 Å². The van der Waals surface area contributed by atoms with Crippen molar-refractivity contribution < 1.29 is 69.0 Å². The number of aliphatic hydroxyl groups excluding tert-OH is 7. The van der Waals surface area contributed by atoms with Crippen LogP contribution in [-0.2, 0) is 33.2 Å². The molecule has 4 aliphatic rings. The number of rotatable bonds is 15. The Morgan fingerprint density at radius 3 is 2.02 bits per heavy atom. The van der Waals surface area contributed by atoms with Crippen LogP contribution in [-0.4, -0.2) is 184 Å². The number of aliphatic imine (C=N–C) groups is 1. The van der Waals surface area contributed by atoms with E-state index in [-0.39, 0.29) is 51.3 Å². The zero-order valence-electron chi connectivity index (χ0n) is 28.1. The summed E-state index contributed by atoms with van der Waals surface area (Å²) >= 11 is 0. The van der Waals surface area contributed by atoms with E-state index in [1.165, 1.54) is 0 Å². The fourth-order valence-corrected chi connectivity index (χ4v) is 6.83. The van der Waals surface area contributed by atoms with Gasteiger partial charge in [-0.25, -0.2) is 0 Å². The fraction of sp³-hybridized carbons (Fsp3) is 0.931. The van der Waals surface area contributed by atoms with Gasteiger partial charge in [-0.05, 0) is 12.3 Å². The van der Waals surface area contributed by atoms with Gasteiger partial charge in [0, 0.05) is 44.9 Å². The van der Waals surface area contributed by atoms with Crippen LogP contribution in [0, 0.1) is 5.92 Å². The first-order chi connectivity index (χ1) is 24.1. The largest absolute Gasteiger partial charge is 0.394 e. The zero-order chi connectivity index (χ0) is 37.7. The molecular formula is C29H56N8O14. The summed E-state index contributed by atoms with van der Waals surface area (Å²) in [6.45, 7) is -0.865. The van der Waals surface area contributed by atoms with Gasteiger partial charge in [-0.2, -0.15) is 0 Å². The van der Waals surface area contributed by atoms with E-state index in [1.807, 2.05) is 0 Å². The molecular weight excluding hydrogens is 684 g/mol. The summed E-state index contributed by atoms with van der Waals surface area (Å²) in [5.74, 6) is -1.73. The molecule has 1 saturated carbocycles. The SMILES string of the molecule is NC[C@@H]1C[C@H](O)[C@@H](N)[C@@H](O[C@H]2[C@H](O[C@@H]3O[C@H](CO)[C@@H](O[C@H]4O[C@@H](CN)[C@@H](O)[C@H](O)[C@H]4N)[C@H]3O)[C@@H](O)[C@H](CC(=O)[C@@H](O)CCN=C(N)N)C[C@@H]2N)O1. The molecule has 0 radical (unpaired) electrons. The van der Waals surface area contributed by atoms with Crippen LogP contribution in [0.3, 0.4) is 0 Å². The number of ketones is 1. The molecule has 3 heterocycles. The van der Waals surface area contributed by atoms with Crippen molar-refractivity contribution in [2.24, 2.45) is 51.0 Å². The zero-order valence-corrected chi connectivity index (χ0v) is 28.1. The average Bonchev–Trinajstić information content (AvgIpc) is 3.39. The highest BCUT2D eigenvalue weighted by molar-refractivity contribution is 5.83. The number of hydrogen-bond acceptors (Lipinski definition) is 20. The van der Waals surface area contributed by atoms with Crippen molar-refractivity contribution in [3.05, 3.63) is 0 Å². The summed E-state index contributed by atoms with van der Waals surface area (Å²) in [6, 6.07) is -3.30. The van der Waals surface area contributed by atoms with Gasteiger partial charge in [0.05, 0.1) is 37.0 Å². The third kappa shape index (κ3) is 9.86. The number of nitrogens with zero attached hydrogens (tertiary/aromatic N) is 1. The normalized spacial score (nSPS) is 45.3. The second-order valence-corrected chi connectivity index (χ2v) is 13.5. The lowest BCUT2D eigenvalue weighted by atomic mass is 9.76. The summed E-state index contributed by atoms with van der Waals surface area (Å²) in [5, 5.41) is 74.8. The summed E-state index contributed by atoms with van der Waals surface area (Å²) < 4.78 is 35.4. The summed E-state index contributed by atoms with van der Waals surface area (Å²) in [5.41, 5.74) is 40.8. The van der Waals surface area contributed by atoms with Crippen molar-refractivity contribution in [3.8, 4) is 0 Å². The molecule has 19 atom stereocenters. The quantitative estimate of drug-likeness (QED) is 0.0547. The number of carbonyl (C=O) groups excluding carboxylic acids is 1. The molecule has 4 rings (SSSR count). The number of Topliss-reactive ketones (excluding diaryl/α,β-unsaturated/α-hetero) is 1. The number of aliphatic hydroxyl groups is 7. The molecule has 0 spiro atoms. The maximum atomic E-state index is 13.0. The Morgan fingerprint density at radius 1 is 0.765 bits per heavy atom. The lowest BCUT2D eigenvalue weighted by molar-refractivity contribution is -0.298. The van der Waals surface area contributed by atoms with Crippen LogP contribution >= 0.6 is 0 Å². The van der Waals surface area contributed by atoms with E-state index >= 15 is 0 Å². The van der Waals surface area contributed by atoms with Gasteiger partial charge >= 0.3 is 0 Å². The number of guanidine groups is 1. The Morgan fingerprint density at radius 2 is 1.39 bits per heavy atom. The van der Waals surface area contributed by atoms with Crippen molar-refractivity contribution in [1.29, 1.82) is 0 Å². The molecule has 3 saturated heterocycles. The van der Waals surface area contributed by atoms with Crippen molar-refractivity contribution in [1.82, 2.24) is 0 Å². The highest BCUT2D eigenvalue weighted by atomic mass is 16.8. The molecule has 3 aliphatic heterocycles. The van der Waals surface area contributed by atoms with Crippen LogP contribution in [0.15, 0.2) is 4.99 Å². The van der Waals surface area contributed by atoms with Crippen LogP contribution in [0.2, 0.25) is 0 Å². The average molecular weight is 741 g/mol. The smallest absolute Gasteiger partial charge is 0.187 e. The summed E-state index contributed by atoms with van der Waals surface area (Å²) in [7, 11) is 0. The Kier molecular flexibility index (Phi) is 15.2. The van der Waals surface area contributed by atoms with Gasteiger partial charge in [0.25, 0.3) is 0 Å². The predicted molar refractivity (Wildman–Crippen MR) is 173 cm³/mol. The minimum Gasteiger partial charge on any atom is -0.394 e. The molecule has 0 unspecified atom stereocenters. The molecule has 51 heavy (non-hydrogen) atoms. The second-order valence-electron chi connectivity index (χ2n) is 13.5. The lowest BCUT2D eigenvalue weighted by Crippen LogP contribution is -2.64. The minimum atomic E-state index is -1.68. The van der Waals surface area contributed by atoms with Crippen molar-refractivity contribution >= 4 is 11.7 Å². The van der Waals surface area contributed by atoms with E-state index in [2.05, 4.69) is 4.99 Å². The molecule has 1 aliphatic carbocycles. The molecule has 21 N–H and O–H groups in total. The van der Waals surface area contributed by atoms with Crippen molar-refractivity contribution in [3.63, 3.8) is 0 Å². The summed E-state index contributed by atoms with van der Waals surface area (Å²) in [4.78, 5) is 16.7. The van der Waals surface area contributed by atoms with E-state index in [0.29, 0.717) is 0 Å². The first-order valence-corrected chi connectivity index (χ1v) is 17.0. The van der Waals surface area contributed by atoms with Gasteiger partial charge in [-0.1, -0.05) is 0 Å². The van der Waals surface area contributed by atoms with E-state index in [1.54, 1.807) is 0 Å². The summed E-state index contributed by atoms with van der Waals surface area (Å²) in [6.07, 6.45) is -20.2. The molecule has 4 fully saturated rings. The second kappa shape index (κ2) is 18.5. The third-order valence-electron chi connectivity index (χ3n) is 9.85. The molecule has 0 aromatic rings. The van der Waals surface area contributed by atoms with E-state index in [9.17, 15) is 40.5 Å². The van der Waals surface area contributed by atoms with E-state index < -0.39 is 129 Å². The molecule has 0 bridgehead atoms. The van der Waals surface area contributed by atoms with Crippen molar-refractivity contribution in [2.75, 3.05) is 26.2 Å². The standard InChI is InChI=1S/C29H56N8O14/c30-6-10-5-14(41)17(33)26(46-10)49-23-11(32)3-9(4-13(40)12(39)1-2-37-29(35)36)19(42)25(23)51-28-22(45)24(16(8-38)48-28)50-27-18(34)21(44)20(43)15(7-31)47-27/h9-12,14-28,38-39,41-45H,1-8,30-34H2,(H4,35,36,37)/t9-,10-,11-,12-,14-,15-,16+,17+,18+,19-,20+,21+,22+,23+,24+,25+,26+,27+,28-/m0/s1.